The van der Waals surface area contributed by atoms with Crippen LogP contribution < -0.4 is 15.4 Å². The Morgan fingerprint density at radius 1 is 1.17 bits per heavy atom. The zero-order valence-electron chi connectivity index (χ0n) is 17.4. The Morgan fingerprint density at radius 2 is 1.83 bits per heavy atom. The smallest absolute Gasteiger partial charge is 0.270 e. The summed E-state index contributed by atoms with van der Waals surface area (Å²) in [5, 5.41) is 16.3. The Kier molecular flexibility index (Phi) is 7.88. The molecular weight excluding hydrogens is 388 g/mol. The van der Waals surface area contributed by atoms with Crippen molar-refractivity contribution in [1.29, 1.82) is 0 Å². The summed E-state index contributed by atoms with van der Waals surface area (Å²) in [6.07, 6.45) is 0. The van der Waals surface area contributed by atoms with E-state index in [4.69, 9.17) is 4.74 Å². The number of carbonyl (C=O) groups is 2. The number of methoxy groups -OCH3 is 1. The third kappa shape index (κ3) is 6.02. The maximum Gasteiger partial charge on any atom is 0.270 e. The van der Waals surface area contributed by atoms with E-state index in [0.717, 1.165) is 11.3 Å². The van der Waals surface area contributed by atoms with Gasteiger partial charge in [-0.2, -0.15) is 0 Å². The molecule has 160 valence electrons. The summed E-state index contributed by atoms with van der Waals surface area (Å²) in [4.78, 5) is 37.1. The fourth-order valence-corrected chi connectivity index (χ4v) is 2.88. The van der Waals surface area contributed by atoms with Crippen LogP contribution in [-0.2, 0) is 4.79 Å². The van der Waals surface area contributed by atoms with Gasteiger partial charge < -0.3 is 20.3 Å². The highest BCUT2D eigenvalue weighted by molar-refractivity contribution is 5.97. The van der Waals surface area contributed by atoms with Crippen molar-refractivity contribution < 1.29 is 19.2 Å². The number of amides is 2. The highest BCUT2D eigenvalue weighted by Crippen LogP contribution is 2.20. The molecule has 2 amide bonds. The zero-order chi connectivity index (χ0) is 22.3. The third-order valence-electron chi connectivity index (χ3n) is 4.65. The van der Waals surface area contributed by atoms with Crippen molar-refractivity contribution in [2.24, 2.45) is 0 Å². The minimum Gasteiger partial charge on any atom is -0.497 e. The molecule has 0 aliphatic rings. The van der Waals surface area contributed by atoms with Gasteiger partial charge in [0.15, 0.2) is 0 Å². The number of nitrogens with one attached hydrogen (secondary N) is 2. The molecule has 2 aromatic rings. The van der Waals surface area contributed by atoms with Gasteiger partial charge in [0, 0.05) is 24.2 Å². The second-order valence-corrected chi connectivity index (χ2v) is 7.00. The van der Waals surface area contributed by atoms with Crippen LogP contribution in [0.25, 0.3) is 0 Å². The van der Waals surface area contributed by atoms with Crippen LogP contribution in [0.3, 0.4) is 0 Å². The van der Waals surface area contributed by atoms with Gasteiger partial charge in [0.05, 0.1) is 18.1 Å². The van der Waals surface area contributed by atoms with Crippen LogP contribution in [0.5, 0.6) is 5.75 Å². The quantitative estimate of drug-likeness (QED) is 0.480. The van der Waals surface area contributed by atoms with Gasteiger partial charge in [0.2, 0.25) is 5.91 Å². The molecule has 2 rings (SSSR count). The number of benzene rings is 2. The molecule has 0 spiro atoms. The van der Waals surface area contributed by atoms with Crippen LogP contribution in [-0.4, -0.2) is 55.4 Å². The molecule has 2 aromatic carbocycles. The number of rotatable bonds is 9. The number of nitrogens with zero attached hydrogens (tertiary/aromatic N) is 2. The van der Waals surface area contributed by atoms with Gasteiger partial charge in [-0.1, -0.05) is 18.2 Å². The van der Waals surface area contributed by atoms with Gasteiger partial charge in [-0.05, 0) is 44.8 Å². The summed E-state index contributed by atoms with van der Waals surface area (Å²) in [5.41, 5.74) is 0.940. The van der Waals surface area contributed by atoms with Crippen LogP contribution in [0.1, 0.15) is 28.9 Å². The Bertz CT molecular complexity index is 899. The summed E-state index contributed by atoms with van der Waals surface area (Å²) in [5.74, 6) is -0.160. The molecule has 0 saturated carbocycles. The maximum atomic E-state index is 12.5. The molecule has 0 radical (unpaired) electrons. The summed E-state index contributed by atoms with van der Waals surface area (Å²) < 4.78 is 5.17. The molecule has 9 nitrogen and oxygen atoms in total. The summed E-state index contributed by atoms with van der Waals surface area (Å²) in [7, 11) is 5.42. The largest absolute Gasteiger partial charge is 0.497 e. The van der Waals surface area contributed by atoms with Gasteiger partial charge in [-0.25, -0.2) is 0 Å². The fourth-order valence-electron chi connectivity index (χ4n) is 2.88. The number of nitro groups is 1. The molecule has 0 saturated heterocycles. The molecule has 30 heavy (non-hydrogen) atoms. The zero-order valence-corrected chi connectivity index (χ0v) is 17.4. The maximum absolute atomic E-state index is 12.5. The van der Waals surface area contributed by atoms with Gasteiger partial charge in [0.25, 0.3) is 11.6 Å². The van der Waals surface area contributed by atoms with Gasteiger partial charge in [0.1, 0.15) is 11.8 Å². The summed E-state index contributed by atoms with van der Waals surface area (Å²) >= 11 is 0. The normalized spacial score (nSPS) is 12.7. The minimum absolute atomic E-state index is 0.0699. The lowest BCUT2D eigenvalue weighted by atomic mass is 10.1. The van der Waals surface area contributed by atoms with E-state index >= 15 is 0 Å². The first kappa shape index (κ1) is 22.8. The van der Waals surface area contributed by atoms with Crippen molar-refractivity contribution in [2.75, 3.05) is 27.7 Å². The van der Waals surface area contributed by atoms with E-state index in [2.05, 4.69) is 10.6 Å². The van der Waals surface area contributed by atoms with Crippen molar-refractivity contribution >= 4 is 17.5 Å². The number of likely N-dealkylation sites (N-methyl/N-ethyl adjacent to an activating group) is 1. The van der Waals surface area contributed by atoms with Crippen LogP contribution in [0, 0.1) is 10.1 Å². The number of hydrogen-bond donors (Lipinski definition) is 2. The highest BCUT2D eigenvalue weighted by atomic mass is 16.6. The molecule has 2 atom stereocenters. The molecule has 0 aliphatic carbocycles. The first-order chi connectivity index (χ1) is 14.2. The minimum atomic E-state index is -0.810. The lowest BCUT2D eigenvalue weighted by Crippen LogP contribution is -2.46. The van der Waals surface area contributed by atoms with Crippen LogP contribution in [0.15, 0.2) is 48.5 Å². The second-order valence-electron chi connectivity index (χ2n) is 7.00. The van der Waals surface area contributed by atoms with Crippen LogP contribution in [0.4, 0.5) is 5.69 Å². The Morgan fingerprint density at radius 3 is 2.40 bits per heavy atom. The molecule has 0 bridgehead atoms. The first-order valence-corrected chi connectivity index (χ1v) is 9.36. The monoisotopic (exact) mass is 414 g/mol. The van der Waals surface area contributed by atoms with Crippen LogP contribution >= 0.6 is 0 Å². The predicted molar refractivity (Wildman–Crippen MR) is 112 cm³/mol. The van der Waals surface area contributed by atoms with E-state index in [1.807, 2.05) is 43.3 Å². The van der Waals surface area contributed by atoms with Crippen molar-refractivity contribution in [3.8, 4) is 5.75 Å². The lowest BCUT2D eigenvalue weighted by Gasteiger charge is -2.26. The average molecular weight is 414 g/mol. The van der Waals surface area contributed by atoms with E-state index in [-0.39, 0.29) is 23.2 Å². The predicted octanol–water partition coefficient (Wildman–Crippen LogP) is 2.14. The Hall–Kier alpha value is -3.46. The molecule has 0 fully saturated rings. The Labute approximate surface area is 175 Å². The summed E-state index contributed by atoms with van der Waals surface area (Å²) in [6.45, 7) is 1.90. The fraction of sp³-hybridized carbons (Fsp3) is 0.333. The van der Waals surface area contributed by atoms with E-state index in [1.54, 1.807) is 14.0 Å². The van der Waals surface area contributed by atoms with Gasteiger partial charge in [-0.3, -0.25) is 19.7 Å². The van der Waals surface area contributed by atoms with Crippen molar-refractivity contribution in [3.05, 3.63) is 69.8 Å². The molecule has 0 aromatic heterocycles. The van der Waals surface area contributed by atoms with Gasteiger partial charge >= 0.3 is 0 Å². The van der Waals surface area contributed by atoms with Gasteiger partial charge in [-0.15, -0.1) is 0 Å². The Balaban J connectivity index is 1.97. The molecular formula is C21H26N4O5. The van der Waals surface area contributed by atoms with E-state index in [0.29, 0.717) is 6.54 Å². The van der Waals surface area contributed by atoms with E-state index in [1.165, 1.54) is 24.3 Å². The molecule has 9 heteroatoms. The number of carbonyl (C=O) groups excluding carboxylic acids is 2. The lowest BCUT2D eigenvalue weighted by molar-refractivity contribution is -0.384. The van der Waals surface area contributed by atoms with E-state index < -0.39 is 16.9 Å². The highest BCUT2D eigenvalue weighted by Gasteiger charge is 2.20. The van der Waals surface area contributed by atoms with Crippen molar-refractivity contribution in [1.82, 2.24) is 15.5 Å². The van der Waals surface area contributed by atoms with Crippen molar-refractivity contribution in [2.45, 2.75) is 19.0 Å². The standard InChI is InChI=1S/C21H26N4O5/c1-14(23-21(27)16-6-5-7-17(12-16)25(28)29)20(26)22-13-19(24(2)3)15-8-10-18(30-4)11-9-15/h5-12,14,19H,13H2,1-4H3,(H,22,26)(H,23,27). The molecule has 2 N–H and O–H groups in total. The molecule has 0 aliphatic heterocycles. The third-order valence-corrected chi connectivity index (χ3v) is 4.65. The topological polar surface area (TPSA) is 114 Å². The second kappa shape index (κ2) is 10.4. The number of non-ortho nitro benzene ring substituents is 1. The van der Waals surface area contributed by atoms with E-state index in [9.17, 15) is 19.7 Å². The molecule has 0 heterocycles. The van der Waals surface area contributed by atoms with Crippen molar-refractivity contribution in [3.63, 3.8) is 0 Å². The number of nitro benzene ring substituents is 1. The SMILES string of the molecule is COc1ccc(C(CNC(=O)C(C)NC(=O)c2cccc([N+](=O)[O-])c2)N(C)C)cc1. The first-order valence-electron chi connectivity index (χ1n) is 9.36. The van der Waals surface area contributed by atoms with Crippen LogP contribution in [0.2, 0.25) is 0 Å². The number of hydrogen-bond acceptors (Lipinski definition) is 6. The average Bonchev–Trinajstić information content (AvgIpc) is 2.73. The number of ether oxygens (including phenoxy) is 1. The molecule has 2 unspecified atom stereocenters. The summed E-state index contributed by atoms with van der Waals surface area (Å²) in [6, 6.07) is 12.1.